The van der Waals surface area contributed by atoms with E-state index in [4.69, 9.17) is 0 Å². The van der Waals surface area contributed by atoms with Crippen molar-refractivity contribution in [3.05, 3.63) is 0 Å². The fourth-order valence-electron chi connectivity index (χ4n) is 0.364. The first-order valence-corrected chi connectivity index (χ1v) is 5.19. The van der Waals surface area contributed by atoms with Crippen LogP contribution in [0.3, 0.4) is 0 Å². The van der Waals surface area contributed by atoms with Gasteiger partial charge in [0.2, 0.25) is 0 Å². The summed E-state index contributed by atoms with van der Waals surface area (Å²) in [5.74, 6) is 0. The van der Waals surface area contributed by atoms with Crippen LogP contribution < -0.4 is 0 Å². The summed E-state index contributed by atoms with van der Waals surface area (Å²) in [5.41, 5.74) is -0.174. The Bertz CT molecular complexity index is 160. The van der Waals surface area contributed by atoms with Gasteiger partial charge in [-0.2, -0.15) is 0 Å². The third-order valence-electron chi connectivity index (χ3n) is 1.61. The van der Waals surface area contributed by atoms with E-state index in [1.54, 1.807) is 6.66 Å². The van der Waals surface area contributed by atoms with E-state index in [-0.39, 0.29) is 11.2 Å². The zero-order valence-electron chi connectivity index (χ0n) is 6.34. The van der Waals surface area contributed by atoms with Crippen molar-refractivity contribution in [1.29, 1.82) is 0 Å². The molecular formula is C6H13O2P. The lowest BCUT2D eigenvalue weighted by molar-refractivity contribution is -0.110. The van der Waals surface area contributed by atoms with E-state index < -0.39 is 7.14 Å². The highest BCUT2D eigenvalue weighted by molar-refractivity contribution is 7.80. The molecule has 0 heterocycles. The van der Waals surface area contributed by atoms with Gasteiger partial charge in [0.05, 0.1) is 0 Å². The first kappa shape index (κ1) is 8.90. The second-order valence-electron chi connectivity index (χ2n) is 2.60. The Labute approximate surface area is 56.0 Å². The Morgan fingerprint density at radius 3 is 1.78 bits per heavy atom. The zero-order valence-corrected chi connectivity index (χ0v) is 7.24. The number of hydrogen-bond acceptors (Lipinski definition) is 2. The summed E-state index contributed by atoms with van der Waals surface area (Å²) in [5, 5.41) is 0. The Kier molecular flexibility index (Phi) is 2.63. The van der Waals surface area contributed by atoms with Crippen LogP contribution in [0.15, 0.2) is 0 Å². The van der Waals surface area contributed by atoms with Crippen molar-refractivity contribution in [2.24, 2.45) is 0 Å². The van der Waals surface area contributed by atoms with Crippen molar-refractivity contribution in [2.45, 2.75) is 26.4 Å². The smallest absolute Gasteiger partial charge is 0.188 e. The topological polar surface area (TPSA) is 34.1 Å². The second-order valence-corrected chi connectivity index (χ2v) is 6.25. The molecule has 2 nitrogen and oxygen atoms in total. The zero-order chi connectivity index (χ0) is 7.65. The van der Waals surface area contributed by atoms with Crippen LogP contribution in [0.5, 0.6) is 0 Å². The number of hydrogen-bond donors (Lipinski definition) is 0. The van der Waals surface area contributed by atoms with E-state index in [9.17, 15) is 9.36 Å². The largest absolute Gasteiger partial charge is 0.316 e. The van der Waals surface area contributed by atoms with Gasteiger partial charge in [0.15, 0.2) is 5.52 Å². The Balaban J connectivity index is 4.40. The average molecular weight is 148 g/mol. The highest BCUT2D eigenvalue weighted by Gasteiger charge is 2.24. The minimum atomic E-state index is -2.48. The van der Waals surface area contributed by atoms with E-state index in [1.807, 2.05) is 13.8 Å². The van der Waals surface area contributed by atoms with E-state index in [2.05, 4.69) is 0 Å². The van der Waals surface area contributed by atoms with Crippen LogP contribution in [0.1, 0.15) is 20.8 Å². The first-order valence-electron chi connectivity index (χ1n) is 2.97. The summed E-state index contributed by atoms with van der Waals surface area (Å²) < 4.78 is 11.3. The number of carbonyl (C=O) groups excluding carboxylic acids is 1. The lowest BCUT2D eigenvalue weighted by Gasteiger charge is -2.11. The molecule has 0 aromatic rings. The molecule has 1 unspecified atom stereocenters. The summed E-state index contributed by atoms with van der Waals surface area (Å²) in [6.45, 7) is 6.55. The normalized spacial score (nSPS) is 17.4. The molecule has 1 atom stereocenters. The lowest BCUT2D eigenvalue weighted by atomic mass is 10.6. The minimum Gasteiger partial charge on any atom is -0.316 e. The molecule has 0 bridgehead atoms. The highest BCUT2D eigenvalue weighted by atomic mass is 31.2. The lowest BCUT2D eigenvalue weighted by Crippen LogP contribution is -2.03. The Morgan fingerprint density at radius 2 is 1.78 bits per heavy atom. The molecule has 0 saturated carbocycles. The van der Waals surface area contributed by atoms with Crippen molar-refractivity contribution in [2.75, 3.05) is 6.66 Å². The van der Waals surface area contributed by atoms with Gasteiger partial charge in [-0.05, 0) is 6.66 Å². The highest BCUT2D eigenvalue weighted by Crippen LogP contribution is 2.46. The standard InChI is InChI=1S/C6H13O2P/c1-5(2)9(4,8)6(3)7/h5H,1-4H3. The molecule has 0 amide bonds. The van der Waals surface area contributed by atoms with Gasteiger partial charge in [0, 0.05) is 12.6 Å². The SMILES string of the molecule is CC(=O)P(C)(=O)C(C)C. The van der Waals surface area contributed by atoms with Crippen LogP contribution in [0, 0.1) is 0 Å². The molecule has 0 rings (SSSR count). The van der Waals surface area contributed by atoms with Crippen LogP contribution >= 0.6 is 7.14 Å². The van der Waals surface area contributed by atoms with Crippen LogP contribution in [-0.2, 0) is 9.36 Å². The van der Waals surface area contributed by atoms with Crippen LogP contribution in [0.2, 0.25) is 0 Å². The predicted molar refractivity (Wildman–Crippen MR) is 39.3 cm³/mol. The Hall–Kier alpha value is -0.100. The van der Waals surface area contributed by atoms with Gasteiger partial charge in [-0.1, -0.05) is 13.8 Å². The molecule has 0 aliphatic carbocycles. The van der Waals surface area contributed by atoms with E-state index >= 15 is 0 Å². The van der Waals surface area contributed by atoms with Crippen LogP contribution in [0.4, 0.5) is 0 Å². The van der Waals surface area contributed by atoms with Gasteiger partial charge in [-0.15, -0.1) is 0 Å². The van der Waals surface area contributed by atoms with Gasteiger partial charge in [0.1, 0.15) is 7.14 Å². The first-order chi connectivity index (χ1) is 3.89. The van der Waals surface area contributed by atoms with E-state index in [0.717, 1.165) is 0 Å². The molecule has 0 saturated heterocycles. The third kappa shape index (κ3) is 1.94. The third-order valence-corrected chi connectivity index (χ3v) is 4.83. The minimum absolute atomic E-state index is 0.00463. The summed E-state index contributed by atoms with van der Waals surface area (Å²) >= 11 is 0. The molecule has 0 aromatic heterocycles. The van der Waals surface area contributed by atoms with Crippen LogP contribution in [0.25, 0.3) is 0 Å². The quantitative estimate of drug-likeness (QED) is 0.561. The fourth-order valence-corrected chi connectivity index (χ4v) is 1.09. The van der Waals surface area contributed by atoms with Gasteiger partial charge < -0.3 is 4.57 Å². The monoisotopic (exact) mass is 148 g/mol. The maximum atomic E-state index is 11.3. The molecule has 54 valence electrons. The Morgan fingerprint density at radius 1 is 1.44 bits per heavy atom. The summed E-state index contributed by atoms with van der Waals surface area (Å²) in [6.07, 6.45) is 0. The molecule has 0 aliphatic heterocycles. The molecule has 0 aliphatic rings. The summed E-state index contributed by atoms with van der Waals surface area (Å²) in [4.78, 5) is 10.6. The summed E-state index contributed by atoms with van der Waals surface area (Å²) in [6, 6.07) is 0. The molecule has 0 spiro atoms. The van der Waals surface area contributed by atoms with Gasteiger partial charge in [-0.25, -0.2) is 0 Å². The second kappa shape index (κ2) is 2.66. The number of rotatable bonds is 2. The van der Waals surface area contributed by atoms with Crippen molar-refractivity contribution >= 4 is 12.7 Å². The van der Waals surface area contributed by atoms with Gasteiger partial charge in [0.25, 0.3) is 0 Å². The van der Waals surface area contributed by atoms with Crippen LogP contribution in [-0.4, -0.2) is 17.8 Å². The van der Waals surface area contributed by atoms with Crippen molar-refractivity contribution in [1.82, 2.24) is 0 Å². The molecule has 0 fully saturated rings. The number of carbonyl (C=O) groups is 1. The molecule has 0 aromatic carbocycles. The van der Waals surface area contributed by atoms with Gasteiger partial charge in [-0.3, -0.25) is 4.79 Å². The predicted octanol–water partition coefficient (Wildman–Crippen LogP) is 1.93. The van der Waals surface area contributed by atoms with Crippen molar-refractivity contribution in [3.63, 3.8) is 0 Å². The van der Waals surface area contributed by atoms with Crippen molar-refractivity contribution in [3.8, 4) is 0 Å². The van der Waals surface area contributed by atoms with Crippen molar-refractivity contribution < 1.29 is 9.36 Å². The molecule has 0 radical (unpaired) electrons. The average Bonchev–Trinajstić information content (AvgIpc) is 1.65. The fraction of sp³-hybridized carbons (Fsp3) is 0.833. The molecular weight excluding hydrogens is 135 g/mol. The van der Waals surface area contributed by atoms with E-state index in [1.165, 1.54) is 6.92 Å². The summed E-state index contributed by atoms with van der Waals surface area (Å²) in [7, 11) is -2.48. The maximum Gasteiger partial charge on any atom is 0.188 e. The molecule has 0 N–H and O–H groups in total. The maximum absolute atomic E-state index is 11.3. The van der Waals surface area contributed by atoms with E-state index in [0.29, 0.717) is 0 Å². The molecule has 3 heteroatoms. The van der Waals surface area contributed by atoms with Gasteiger partial charge >= 0.3 is 0 Å². The molecule has 9 heavy (non-hydrogen) atoms.